The minimum atomic E-state index is 0.109. The number of nitrogens with one attached hydrogen (secondary N) is 1. The van der Waals surface area contributed by atoms with Crippen LogP contribution in [0, 0.1) is 0 Å². The topological polar surface area (TPSA) is 50.2 Å². The Morgan fingerprint density at radius 1 is 1.32 bits per heavy atom. The smallest absolute Gasteiger partial charge is 0.226 e. The third kappa shape index (κ3) is 2.81. The number of aryl methyl sites for hydroxylation is 1. The van der Waals surface area contributed by atoms with Gasteiger partial charge in [0, 0.05) is 42.3 Å². The van der Waals surface area contributed by atoms with E-state index >= 15 is 0 Å². The van der Waals surface area contributed by atoms with Gasteiger partial charge in [0.25, 0.3) is 0 Å². The maximum absolute atomic E-state index is 12.3. The Balaban J connectivity index is 1.48. The van der Waals surface area contributed by atoms with Crippen LogP contribution in [0.25, 0.3) is 0 Å². The molecule has 25 heavy (non-hydrogen) atoms. The number of rotatable bonds is 4. The van der Waals surface area contributed by atoms with Crippen molar-refractivity contribution in [1.82, 2.24) is 14.7 Å². The average molecular weight is 356 g/mol. The molecule has 4 heterocycles. The summed E-state index contributed by atoms with van der Waals surface area (Å²) in [6.07, 6.45) is 5.65. The van der Waals surface area contributed by atoms with E-state index in [1.807, 2.05) is 23.1 Å². The van der Waals surface area contributed by atoms with Gasteiger partial charge in [-0.3, -0.25) is 14.4 Å². The van der Waals surface area contributed by atoms with Crippen LogP contribution < -0.4 is 5.32 Å². The third-order valence-corrected chi connectivity index (χ3v) is 6.79. The Labute approximate surface area is 152 Å². The average Bonchev–Trinajstić information content (AvgIpc) is 2.99. The second-order valence-corrected chi connectivity index (χ2v) is 8.63. The first kappa shape index (κ1) is 15.6. The first-order valence-corrected chi connectivity index (χ1v) is 10.2. The number of hydrogen-bond donors (Lipinski definition) is 1. The van der Waals surface area contributed by atoms with E-state index in [1.54, 1.807) is 0 Å². The maximum atomic E-state index is 12.3. The van der Waals surface area contributed by atoms with Gasteiger partial charge in [0.1, 0.15) is 5.82 Å². The number of aromatic nitrogens is 2. The van der Waals surface area contributed by atoms with Crippen LogP contribution in [0.15, 0.2) is 11.4 Å². The zero-order chi connectivity index (χ0) is 17.0. The second kappa shape index (κ2) is 5.95. The Hall–Kier alpha value is -1.66. The van der Waals surface area contributed by atoms with Crippen LogP contribution in [-0.2, 0) is 18.4 Å². The number of amides is 1. The number of likely N-dealkylation sites (tertiary alicyclic amines) is 1. The quantitative estimate of drug-likeness (QED) is 0.913. The molecule has 2 aromatic heterocycles. The summed E-state index contributed by atoms with van der Waals surface area (Å²) in [6.45, 7) is 3.48. The number of nitrogens with zero attached hydrogens (tertiary/aromatic N) is 3. The monoisotopic (exact) mass is 356 g/mol. The molecular weight excluding hydrogens is 332 g/mol. The highest BCUT2D eigenvalue weighted by Gasteiger charge is 2.38. The van der Waals surface area contributed by atoms with Crippen molar-refractivity contribution in [2.45, 2.75) is 50.5 Å². The van der Waals surface area contributed by atoms with Crippen LogP contribution in [0.4, 0.5) is 5.82 Å². The molecule has 2 aromatic rings. The Morgan fingerprint density at radius 3 is 2.88 bits per heavy atom. The van der Waals surface area contributed by atoms with Gasteiger partial charge >= 0.3 is 0 Å². The summed E-state index contributed by atoms with van der Waals surface area (Å²) in [6, 6.07) is 2.33. The molecule has 6 heteroatoms. The summed E-state index contributed by atoms with van der Waals surface area (Å²) in [4.78, 5) is 16.1. The molecule has 1 amide bonds. The molecule has 1 saturated heterocycles. The summed E-state index contributed by atoms with van der Waals surface area (Å²) in [7, 11) is 1.95. The molecule has 1 N–H and O–H groups in total. The molecule has 1 aliphatic carbocycles. The molecule has 5 rings (SSSR count). The van der Waals surface area contributed by atoms with Crippen LogP contribution in [0.1, 0.15) is 65.6 Å². The van der Waals surface area contributed by atoms with Gasteiger partial charge in [-0.05, 0) is 55.8 Å². The summed E-state index contributed by atoms with van der Waals surface area (Å²) in [5, 5.41) is 10.1. The molecule has 1 saturated carbocycles. The molecule has 2 aliphatic heterocycles. The summed E-state index contributed by atoms with van der Waals surface area (Å²) in [5.41, 5.74) is 3.89. The first-order chi connectivity index (χ1) is 12.2. The highest BCUT2D eigenvalue weighted by molar-refractivity contribution is 7.10. The van der Waals surface area contributed by atoms with Gasteiger partial charge in [0.15, 0.2) is 0 Å². The number of carbonyl (C=O) groups is 1. The molecule has 0 aromatic carbocycles. The third-order valence-electron chi connectivity index (χ3n) is 5.69. The van der Waals surface area contributed by atoms with Gasteiger partial charge in [0.2, 0.25) is 5.91 Å². The molecule has 5 nitrogen and oxygen atoms in total. The molecule has 0 unspecified atom stereocenters. The van der Waals surface area contributed by atoms with E-state index in [9.17, 15) is 4.79 Å². The Bertz CT molecular complexity index is 814. The second-order valence-electron chi connectivity index (χ2n) is 7.69. The minimum Gasteiger partial charge on any atom is -0.311 e. The summed E-state index contributed by atoms with van der Waals surface area (Å²) < 4.78 is 1.87. The Kier molecular flexibility index (Phi) is 3.71. The predicted molar refractivity (Wildman–Crippen MR) is 99.1 cm³/mol. The fourth-order valence-electron chi connectivity index (χ4n) is 4.28. The van der Waals surface area contributed by atoms with E-state index in [0.717, 1.165) is 12.4 Å². The van der Waals surface area contributed by atoms with E-state index in [-0.39, 0.29) is 11.8 Å². The predicted octanol–water partition coefficient (Wildman–Crippen LogP) is 3.43. The fraction of sp³-hybridized carbons (Fsp3) is 0.579. The van der Waals surface area contributed by atoms with Crippen LogP contribution in [0.5, 0.6) is 0 Å². The number of hydrogen-bond acceptors (Lipinski definition) is 4. The van der Waals surface area contributed by atoms with E-state index in [4.69, 9.17) is 5.10 Å². The zero-order valence-corrected chi connectivity index (χ0v) is 15.4. The standard InChI is InChI=1S/C19H24N4OS/c1-22-19-17(18(21-22)13-4-5-13)14(9-16(24)20-19)15-8-12(11-25-15)10-23-6-2-3-7-23/h8,11,13-14H,2-7,9-10H2,1H3,(H,20,24)/t14-/m0/s1. The van der Waals surface area contributed by atoms with Gasteiger partial charge < -0.3 is 5.32 Å². The van der Waals surface area contributed by atoms with Gasteiger partial charge in [-0.25, -0.2) is 0 Å². The van der Waals surface area contributed by atoms with Crippen molar-refractivity contribution >= 4 is 23.1 Å². The van der Waals surface area contributed by atoms with Gasteiger partial charge in [0.05, 0.1) is 5.69 Å². The number of anilines is 1. The molecule has 132 valence electrons. The molecule has 2 fully saturated rings. The molecule has 0 bridgehead atoms. The van der Waals surface area contributed by atoms with E-state index in [0.29, 0.717) is 12.3 Å². The van der Waals surface area contributed by atoms with Gasteiger partial charge in [-0.15, -0.1) is 11.3 Å². The van der Waals surface area contributed by atoms with E-state index in [1.165, 1.54) is 60.5 Å². The lowest BCUT2D eigenvalue weighted by Crippen LogP contribution is -2.24. The van der Waals surface area contributed by atoms with E-state index in [2.05, 4.69) is 21.7 Å². The van der Waals surface area contributed by atoms with Crippen molar-refractivity contribution in [2.75, 3.05) is 18.4 Å². The van der Waals surface area contributed by atoms with Crippen LogP contribution in [0.2, 0.25) is 0 Å². The van der Waals surface area contributed by atoms with Crippen molar-refractivity contribution in [3.8, 4) is 0 Å². The normalized spacial score (nSPS) is 23.7. The minimum absolute atomic E-state index is 0.109. The number of thiophene rings is 1. The lowest BCUT2D eigenvalue weighted by Gasteiger charge is -2.23. The van der Waals surface area contributed by atoms with Crippen molar-refractivity contribution in [3.63, 3.8) is 0 Å². The number of fused-ring (bicyclic) bond motifs is 1. The van der Waals surface area contributed by atoms with E-state index < -0.39 is 0 Å². The lowest BCUT2D eigenvalue weighted by molar-refractivity contribution is -0.116. The first-order valence-electron chi connectivity index (χ1n) is 9.35. The molecular formula is C19H24N4OS. The van der Waals surface area contributed by atoms with Crippen LogP contribution in [0.3, 0.4) is 0 Å². The van der Waals surface area contributed by atoms with Gasteiger partial charge in [-0.1, -0.05) is 0 Å². The van der Waals surface area contributed by atoms with Crippen molar-refractivity contribution in [2.24, 2.45) is 7.05 Å². The lowest BCUT2D eigenvalue weighted by atomic mass is 9.89. The Morgan fingerprint density at radius 2 is 2.12 bits per heavy atom. The molecule has 0 spiro atoms. The largest absolute Gasteiger partial charge is 0.311 e. The number of carbonyl (C=O) groups excluding carboxylic acids is 1. The molecule has 1 atom stereocenters. The fourth-order valence-corrected chi connectivity index (χ4v) is 5.30. The molecule has 0 radical (unpaired) electrons. The van der Waals surface area contributed by atoms with Crippen molar-refractivity contribution in [1.29, 1.82) is 0 Å². The summed E-state index contributed by atoms with van der Waals surface area (Å²) in [5.74, 6) is 1.79. The SMILES string of the molecule is Cn1nc(C2CC2)c2c1NC(=O)C[C@H]2c1cc(CN2CCCC2)cs1. The summed E-state index contributed by atoms with van der Waals surface area (Å²) >= 11 is 1.81. The van der Waals surface area contributed by atoms with Crippen LogP contribution >= 0.6 is 11.3 Å². The molecule has 3 aliphatic rings. The van der Waals surface area contributed by atoms with Crippen molar-refractivity contribution < 1.29 is 4.79 Å². The zero-order valence-electron chi connectivity index (χ0n) is 14.6. The maximum Gasteiger partial charge on any atom is 0.226 e. The van der Waals surface area contributed by atoms with Crippen LogP contribution in [-0.4, -0.2) is 33.7 Å². The highest BCUT2D eigenvalue weighted by atomic mass is 32.1. The van der Waals surface area contributed by atoms with Gasteiger partial charge in [-0.2, -0.15) is 5.10 Å². The highest BCUT2D eigenvalue weighted by Crippen LogP contribution is 2.49. The van der Waals surface area contributed by atoms with Crippen molar-refractivity contribution in [3.05, 3.63) is 33.1 Å².